The summed E-state index contributed by atoms with van der Waals surface area (Å²) >= 11 is 4.89. The Labute approximate surface area is 298 Å². The molecule has 3 fully saturated rings. The standard InChI is InChI=1S/C35H40BrN5O6S2/c36-24-13-16-27-30(17-24)48-34(38-27)47-25-18-29-31(42)39-35(33(44)40-49(45,46)26-14-15-26)19-23(35)11-7-2-1-3-8-12-28(32(43)41(29)21-25)37-20-22-9-5-4-6-10-22/h4-7,9-11,13,16-17,23,25-26,28-29,37H,1-3,8,12,14-15,18-21H2,(H,39,42)(H,40,44)/b11-7-/t23-,25+,28-,29-,35+/m0/s1. The SMILES string of the molecule is O=C1N[C@]2(C(=O)NS(=O)(=O)C3CC3)C[C@@H]2/C=C\CCCCC[C@H](NCc2ccccc2)C(=O)N2C[C@H](Oc3nc4ccc(Br)cc4s3)C[C@@H]12. The highest BCUT2D eigenvalue weighted by Crippen LogP contribution is 2.46. The number of hydrogen-bond donors (Lipinski definition) is 3. The molecule has 4 aliphatic rings. The van der Waals surface area contributed by atoms with E-state index in [1.54, 1.807) is 4.90 Å². The fourth-order valence-corrected chi connectivity index (χ4v) is 9.61. The number of carbonyl (C=O) groups excluding carboxylic acids is 3. The van der Waals surface area contributed by atoms with Crippen LogP contribution in [0.25, 0.3) is 10.2 Å². The number of fused-ring (bicyclic) bond motifs is 3. The number of allylic oxidation sites excluding steroid dienone is 1. The lowest BCUT2D eigenvalue weighted by atomic mass is 10.0. The zero-order valence-electron chi connectivity index (χ0n) is 27.0. The molecule has 11 nitrogen and oxygen atoms in total. The number of benzene rings is 2. The first-order chi connectivity index (χ1) is 23.6. The predicted octanol–water partition coefficient (Wildman–Crippen LogP) is 4.57. The number of nitrogens with one attached hydrogen (secondary N) is 3. The molecule has 49 heavy (non-hydrogen) atoms. The second kappa shape index (κ2) is 14.1. The second-order valence-electron chi connectivity index (χ2n) is 13.5. The van der Waals surface area contributed by atoms with Crippen molar-refractivity contribution in [3.05, 3.63) is 70.7 Å². The molecular weight excluding hydrogens is 730 g/mol. The Morgan fingerprint density at radius 1 is 1.10 bits per heavy atom. The second-order valence-corrected chi connectivity index (χ2v) is 17.4. The van der Waals surface area contributed by atoms with Crippen molar-refractivity contribution in [2.75, 3.05) is 6.54 Å². The van der Waals surface area contributed by atoms with E-state index in [4.69, 9.17) is 4.74 Å². The third-order valence-corrected chi connectivity index (χ3v) is 13.1. The Balaban J connectivity index is 1.16. The van der Waals surface area contributed by atoms with Crippen LogP contribution in [0.1, 0.15) is 63.4 Å². The molecule has 3 heterocycles. The molecule has 3 aromatic rings. The Kier molecular flexibility index (Phi) is 9.84. The molecule has 0 bridgehead atoms. The first-order valence-corrected chi connectivity index (χ1v) is 20.1. The van der Waals surface area contributed by atoms with Crippen molar-refractivity contribution in [2.45, 2.75) is 93.3 Å². The lowest BCUT2D eigenvalue weighted by molar-refractivity contribution is -0.141. The number of amides is 3. The van der Waals surface area contributed by atoms with Gasteiger partial charge < -0.3 is 20.3 Å². The Bertz CT molecular complexity index is 1870. The van der Waals surface area contributed by atoms with E-state index in [1.165, 1.54) is 11.3 Å². The molecule has 3 N–H and O–H groups in total. The van der Waals surface area contributed by atoms with E-state index in [1.807, 2.05) is 60.7 Å². The maximum absolute atomic E-state index is 14.4. The topological polar surface area (TPSA) is 147 Å². The molecule has 7 rings (SSSR count). The first kappa shape index (κ1) is 34.1. The van der Waals surface area contributed by atoms with Crippen LogP contribution < -0.4 is 20.1 Å². The van der Waals surface area contributed by atoms with Gasteiger partial charge in [0.1, 0.15) is 17.7 Å². The van der Waals surface area contributed by atoms with Gasteiger partial charge in [-0.2, -0.15) is 0 Å². The minimum absolute atomic E-state index is 0.165. The van der Waals surface area contributed by atoms with Gasteiger partial charge in [-0.1, -0.05) is 82.6 Å². The number of thiazole rings is 1. The third-order valence-electron chi connectivity index (χ3n) is 9.84. The van der Waals surface area contributed by atoms with Crippen molar-refractivity contribution < 1.29 is 27.5 Å². The van der Waals surface area contributed by atoms with Crippen LogP contribution >= 0.6 is 27.3 Å². The number of carbonyl (C=O) groups is 3. The lowest BCUT2D eigenvalue weighted by Gasteiger charge is -2.30. The summed E-state index contributed by atoms with van der Waals surface area (Å²) in [5, 5.41) is 6.26. The minimum atomic E-state index is -3.83. The highest BCUT2D eigenvalue weighted by atomic mass is 79.9. The van der Waals surface area contributed by atoms with E-state index >= 15 is 0 Å². The van der Waals surface area contributed by atoms with E-state index < -0.39 is 50.8 Å². The van der Waals surface area contributed by atoms with Crippen LogP contribution in [0.4, 0.5) is 0 Å². The van der Waals surface area contributed by atoms with E-state index in [-0.39, 0.29) is 31.2 Å². The number of aromatic nitrogens is 1. The summed E-state index contributed by atoms with van der Waals surface area (Å²) in [6.07, 6.45) is 8.95. The predicted molar refractivity (Wildman–Crippen MR) is 190 cm³/mol. The fraction of sp³-hybridized carbons (Fsp3) is 0.486. The molecule has 2 aromatic carbocycles. The number of nitrogens with zero attached hydrogens (tertiary/aromatic N) is 2. The summed E-state index contributed by atoms with van der Waals surface area (Å²) in [6, 6.07) is 14.2. The number of ether oxygens (including phenoxy) is 1. The molecule has 14 heteroatoms. The lowest BCUT2D eigenvalue weighted by Crippen LogP contribution is -2.58. The Morgan fingerprint density at radius 2 is 1.92 bits per heavy atom. The third kappa shape index (κ3) is 7.72. The van der Waals surface area contributed by atoms with Crippen molar-refractivity contribution >= 4 is 65.2 Å². The molecule has 0 unspecified atom stereocenters. The van der Waals surface area contributed by atoms with Gasteiger partial charge in [-0.15, -0.1) is 0 Å². The van der Waals surface area contributed by atoms with Gasteiger partial charge >= 0.3 is 0 Å². The van der Waals surface area contributed by atoms with Crippen LogP contribution in [0.5, 0.6) is 5.19 Å². The highest BCUT2D eigenvalue weighted by molar-refractivity contribution is 9.10. The molecule has 2 aliphatic heterocycles. The van der Waals surface area contributed by atoms with Crippen LogP contribution in [0.3, 0.4) is 0 Å². The number of hydrogen-bond acceptors (Lipinski definition) is 9. The van der Waals surface area contributed by atoms with Crippen molar-refractivity contribution in [1.29, 1.82) is 0 Å². The maximum Gasteiger partial charge on any atom is 0.274 e. The molecule has 2 aliphatic carbocycles. The highest BCUT2D eigenvalue weighted by Gasteiger charge is 2.62. The smallest absolute Gasteiger partial charge is 0.274 e. The summed E-state index contributed by atoms with van der Waals surface area (Å²) in [5.74, 6) is -1.78. The normalized spacial score (nSPS) is 28.5. The number of rotatable bonds is 8. The van der Waals surface area contributed by atoms with Crippen molar-refractivity contribution in [3.63, 3.8) is 0 Å². The molecule has 1 aromatic heterocycles. The average Bonchev–Trinajstić information content (AvgIpc) is 3.97. The largest absolute Gasteiger partial charge is 0.465 e. The molecule has 0 spiro atoms. The summed E-state index contributed by atoms with van der Waals surface area (Å²) in [4.78, 5) is 48.5. The van der Waals surface area contributed by atoms with Crippen LogP contribution in [0.2, 0.25) is 0 Å². The zero-order valence-corrected chi connectivity index (χ0v) is 30.2. The van der Waals surface area contributed by atoms with Gasteiger partial charge in [0.05, 0.1) is 28.1 Å². The summed E-state index contributed by atoms with van der Waals surface area (Å²) in [7, 11) is -3.83. The monoisotopic (exact) mass is 769 g/mol. The molecule has 5 atom stereocenters. The zero-order chi connectivity index (χ0) is 34.2. The van der Waals surface area contributed by atoms with E-state index in [9.17, 15) is 22.8 Å². The first-order valence-electron chi connectivity index (χ1n) is 17.0. The molecule has 1 saturated heterocycles. The number of halogens is 1. The van der Waals surface area contributed by atoms with Crippen LogP contribution in [-0.4, -0.2) is 71.5 Å². The van der Waals surface area contributed by atoms with E-state index in [0.717, 1.165) is 45.9 Å². The fourth-order valence-electron chi connectivity index (χ4n) is 6.81. The summed E-state index contributed by atoms with van der Waals surface area (Å²) < 4.78 is 36.0. The van der Waals surface area contributed by atoms with E-state index in [0.29, 0.717) is 31.0 Å². The van der Waals surface area contributed by atoms with Crippen molar-refractivity contribution in [2.24, 2.45) is 5.92 Å². The van der Waals surface area contributed by atoms with E-state index in [2.05, 4.69) is 36.3 Å². The molecule has 3 amide bonds. The van der Waals surface area contributed by atoms with Gasteiger partial charge in [0, 0.05) is 23.4 Å². The van der Waals surface area contributed by atoms with Gasteiger partial charge in [-0.05, 0) is 62.3 Å². The van der Waals surface area contributed by atoms with Gasteiger partial charge in [0.15, 0.2) is 0 Å². The van der Waals surface area contributed by atoms with Crippen LogP contribution in [-0.2, 0) is 31.0 Å². The molecule has 2 saturated carbocycles. The van der Waals surface area contributed by atoms with Gasteiger partial charge in [-0.3, -0.25) is 19.1 Å². The average molecular weight is 771 g/mol. The number of sulfonamides is 1. The van der Waals surface area contributed by atoms with Crippen molar-refractivity contribution in [3.8, 4) is 5.19 Å². The van der Waals surface area contributed by atoms with Gasteiger partial charge in [0.2, 0.25) is 21.8 Å². The summed E-state index contributed by atoms with van der Waals surface area (Å²) in [5.41, 5.74) is 0.427. The quantitative estimate of drug-likeness (QED) is 0.283. The minimum Gasteiger partial charge on any atom is -0.465 e. The molecule has 260 valence electrons. The maximum atomic E-state index is 14.4. The van der Waals surface area contributed by atoms with Crippen LogP contribution in [0, 0.1) is 5.92 Å². The Hall–Kier alpha value is -3.33. The summed E-state index contributed by atoms with van der Waals surface area (Å²) in [6.45, 7) is 0.658. The van der Waals surface area contributed by atoms with Crippen molar-refractivity contribution in [1.82, 2.24) is 25.2 Å². The van der Waals surface area contributed by atoms with Gasteiger partial charge in [-0.25, -0.2) is 13.4 Å². The van der Waals surface area contributed by atoms with Crippen LogP contribution in [0.15, 0.2) is 65.2 Å². The van der Waals surface area contributed by atoms with Gasteiger partial charge in [0.25, 0.3) is 11.1 Å². The Morgan fingerprint density at radius 3 is 2.71 bits per heavy atom. The molecule has 0 radical (unpaired) electrons. The molecular formula is C35H40BrN5O6S2.